The number of hydrogen-bond donors (Lipinski definition) is 5. The molecule has 0 amide bonds. The Balaban J connectivity index is 2.07. The summed E-state index contributed by atoms with van der Waals surface area (Å²) in [7, 11) is -9.63. The lowest BCUT2D eigenvalue weighted by molar-refractivity contribution is 0.0980. The van der Waals surface area contributed by atoms with E-state index in [-0.39, 0.29) is 40.2 Å². The molecule has 0 saturated heterocycles. The Morgan fingerprint density at radius 1 is 0.806 bits per heavy atom. The summed E-state index contributed by atoms with van der Waals surface area (Å²) >= 11 is 0. The van der Waals surface area contributed by atoms with Crippen molar-refractivity contribution in [1.82, 2.24) is 0 Å². The molecule has 0 bridgehead atoms. The second-order valence-corrected chi connectivity index (χ2v) is 11.0. The molecule has 3 aromatic carbocycles. The zero-order valence-corrected chi connectivity index (χ0v) is 20.6. The predicted molar refractivity (Wildman–Crippen MR) is 131 cm³/mol. The summed E-state index contributed by atoms with van der Waals surface area (Å²) in [5.74, 6) is -1.37. The summed E-state index contributed by atoms with van der Waals surface area (Å²) in [4.78, 5) is 25.5. The number of rotatable bonds is 5. The molecule has 0 heterocycles. The Bertz CT molecular complexity index is 1710. The van der Waals surface area contributed by atoms with Gasteiger partial charge in [0.15, 0.2) is 11.6 Å². The second-order valence-electron chi connectivity index (χ2n) is 8.22. The lowest BCUT2D eigenvalue weighted by Gasteiger charge is -2.25. The van der Waals surface area contributed by atoms with Crippen molar-refractivity contribution in [2.45, 2.75) is 30.2 Å². The van der Waals surface area contributed by atoms with Gasteiger partial charge in [0.25, 0.3) is 20.2 Å². The van der Waals surface area contributed by atoms with Crippen LogP contribution in [-0.2, 0) is 26.8 Å². The number of carbonyl (C=O) groups excluding carboxylic acids is 2. The SMILES string of the molecule is Cc1c(Nc2cc(S(=O)(=O)O)c(N)c3c2C(=O)c2ccccc2C3=O)cc(S(=O)(=O)O)c(C)c1CN. The molecule has 11 nitrogen and oxygen atoms in total. The monoisotopic (exact) mass is 531 g/mol. The van der Waals surface area contributed by atoms with Crippen molar-refractivity contribution in [2.24, 2.45) is 5.73 Å². The van der Waals surface area contributed by atoms with Gasteiger partial charge in [-0.2, -0.15) is 16.8 Å². The Morgan fingerprint density at radius 2 is 1.31 bits per heavy atom. The summed E-state index contributed by atoms with van der Waals surface area (Å²) in [5.41, 5.74) is 11.4. The number of benzene rings is 3. The van der Waals surface area contributed by atoms with E-state index in [9.17, 15) is 35.5 Å². The minimum atomic E-state index is -4.95. The molecule has 3 aromatic rings. The number of anilines is 3. The number of hydrogen-bond acceptors (Lipinski definition) is 9. The highest BCUT2D eigenvalue weighted by atomic mass is 32.2. The molecule has 0 fully saturated rings. The molecule has 0 radical (unpaired) electrons. The average Bonchev–Trinajstić information content (AvgIpc) is 2.78. The highest BCUT2D eigenvalue weighted by Crippen LogP contribution is 2.41. The number of nitrogens with one attached hydrogen (secondary N) is 1. The molecular formula is C23H21N3O8S2. The molecule has 1 aliphatic rings. The third kappa shape index (κ3) is 3.96. The summed E-state index contributed by atoms with van der Waals surface area (Å²) in [6.45, 7) is 2.96. The van der Waals surface area contributed by atoms with Gasteiger partial charge in [-0.25, -0.2) is 0 Å². The van der Waals surface area contributed by atoms with Gasteiger partial charge in [0, 0.05) is 23.4 Å². The van der Waals surface area contributed by atoms with Gasteiger partial charge in [-0.15, -0.1) is 0 Å². The van der Waals surface area contributed by atoms with Crippen molar-refractivity contribution >= 4 is 48.9 Å². The molecule has 36 heavy (non-hydrogen) atoms. The third-order valence-electron chi connectivity index (χ3n) is 6.18. The first-order valence-electron chi connectivity index (χ1n) is 10.4. The van der Waals surface area contributed by atoms with E-state index >= 15 is 0 Å². The van der Waals surface area contributed by atoms with Crippen LogP contribution >= 0.6 is 0 Å². The molecule has 4 rings (SSSR count). The molecular weight excluding hydrogens is 510 g/mol. The van der Waals surface area contributed by atoms with Crippen molar-refractivity contribution in [3.8, 4) is 0 Å². The van der Waals surface area contributed by atoms with Crippen molar-refractivity contribution in [2.75, 3.05) is 11.1 Å². The maximum Gasteiger partial charge on any atom is 0.296 e. The smallest absolute Gasteiger partial charge is 0.296 e. The minimum absolute atomic E-state index is 0.00531. The Kier molecular flexibility index (Phi) is 6.01. The largest absolute Gasteiger partial charge is 0.397 e. The fourth-order valence-electron chi connectivity index (χ4n) is 4.39. The zero-order chi connectivity index (χ0) is 26.7. The van der Waals surface area contributed by atoms with Crippen molar-refractivity contribution in [1.29, 1.82) is 0 Å². The van der Waals surface area contributed by atoms with Crippen LogP contribution in [0.25, 0.3) is 0 Å². The van der Waals surface area contributed by atoms with Gasteiger partial charge in [0.2, 0.25) is 0 Å². The van der Waals surface area contributed by atoms with Gasteiger partial charge in [0.1, 0.15) is 4.90 Å². The van der Waals surface area contributed by atoms with Crippen LogP contribution in [0.5, 0.6) is 0 Å². The maximum atomic E-state index is 13.5. The molecule has 0 unspecified atom stereocenters. The molecule has 0 saturated carbocycles. The van der Waals surface area contributed by atoms with Crippen molar-refractivity contribution < 1.29 is 35.5 Å². The maximum absolute atomic E-state index is 13.5. The van der Waals surface area contributed by atoms with Crippen LogP contribution in [0.15, 0.2) is 46.2 Å². The fraction of sp³-hybridized carbons (Fsp3) is 0.130. The highest BCUT2D eigenvalue weighted by Gasteiger charge is 2.36. The van der Waals surface area contributed by atoms with Crippen LogP contribution in [0.2, 0.25) is 0 Å². The van der Waals surface area contributed by atoms with Crippen LogP contribution in [0.3, 0.4) is 0 Å². The van der Waals surface area contributed by atoms with Crippen LogP contribution < -0.4 is 16.8 Å². The minimum Gasteiger partial charge on any atom is -0.397 e. The fourth-order valence-corrected chi connectivity index (χ4v) is 5.82. The molecule has 0 atom stereocenters. The number of carbonyl (C=O) groups is 2. The quantitative estimate of drug-likeness (QED) is 0.186. The summed E-state index contributed by atoms with van der Waals surface area (Å²) < 4.78 is 67.7. The third-order valence-corrected chi connectivity index (χ3v) is 8.06. The molecule has 13 heteroatoms. The highest BCUT2D eigenvalue weighted by molar-refractivity contribution is 7.86. The van der Waals surface area contributed by atoms with Crippen LogP contribution in [0.4, 0.5) is 17.1 Å². The predicted octanol–water partition coefficient (Wildman–Crippen LogP) is 2.36. The summed E-state index contributed by atoms with van der Waals surface area (Å²) in [6.07, 6.45) is 0. The molecule has 188 valence electrons. The lowest BCUT2D eigenvalue weighted by atomic mass is 9.82. The number of nitrogens with two attached hydrogens (primary N) is 2. The number of nitrogen functional groups attached to an aromatic ring is 1. The van der Waals surface area contributed by atoms with Crippen molar-refractivity contribution in [3.05, 3.63) is 75.3 Å². The first kappa shape index (κ1) is 25.5. The first-order chi connectivity index (χ1) is 16.7. The van der Waals surface area contributed by atoms with Crippen molar-refractivity contribution in [3.63, 3.8) is 0 Å². The summed E-state index contributed by atoms with van der Waals surface area (Å²) in [6, 6.07) is 7.87. The van der Waals surface area contributed by atoms with E-state index in [2.05, 4.69) is 5.32 Å². The molecule has 0 aliphatic heterocycles. The van der Waals surface area contributed by atoms with E-state index in [1.54, 1.807) is 13.0 Å². The van der Waals surface area contributed by atoms with Gasteiger partial charge in [-0.1, -0.05) is 24.3 Å². The van der Waals surface area contributed by atoms with Gasteiger partial charge in [-0.3, -0.25) is 18.7 Å². The molecule has 0 aromatic heterocycles. The van der Waals surface area contributed by atoms with E-state index in [0.717, 1.165) is 12.1 Å². The van der Waals surface area contributed by atoms with E-state index in [1.807, 2.05) is 0 Å². The standard InChI is InChI=1S/C23H21N3O8S2/c1-10-14(9-24)11(2)17(35(29,30)31)7-15(10)26-16-8-18(36(32,33)34)21(25)20-19(16)22(27)12-5-3-4-6-13(12)23(20)28/h3-8,26H,9,24-25H2,1-2H3,(H,29,30,31)(H,32,33,34). The number of ketones is 2. The van der Waals surface area contributed by atoms with E-state index < -0.39 is 52.8 Å². The Hall–Kier alpha value is -3.62. The van der Waals surface area contributed by atoms with E-state index in [0.29, 0.717) is 11.1 Å². The first-order valence-corrected chi connectivity index (χ1v) is 13.3. The molecule has 7 N–H and O–H groups in total. The average molecular weight is 532 g/mol. The second kappa shape index (κ2) is 8.50. The zero-order valence-electron chi connectivity index (χ0n) is 19.0. The number of fused-ring (bicyclic) bond motifs is 2. The van der Waals surface area contributed by atoms with E-state index in [1.165, 1.54) is 25.1 Å². The van der Waals surface area contributed by atoms with Crippen LogP contribution in [0, 0.1) is 13.8 Å². The van der Waals surface area contributed by atoms with Crippen LogP contribution in [-0.4, -0.2) is 37.5 Å². The van der Waals surface area contributed by atoms with Gasteiger partial charge < -0.3 is 16.8 Å². The Morgan fingerprint density at radius 3 is 1.81 bits per heavy atom. The van der Waals surface area contributed by atoms with E-state index in [4.69, 9.17) is 11.5 Å². The van der Waals surface area contributed by atoms with Gasteiger partial charge in [0.05, 0.1) is 27.4 Å². The molecule has 0 spiro atoms. The molecule has 1 aliphatic carbocycles. The summed E-state index contributed by atoms with van der Waals surface area (Å²) in [5, 5.41) is 2.80. The van der Waals surface area contributed by atoms with Gasteiger partial charge >= 0.3 is 0 Å². The normalized spacial score (nSPS) is 13.4. The Labute approximate surface area is 206 Å². The van der Waals surface area contributed by atoms with Gasteiger partial charge in [-0.05, 0) is 42.7 Å². The van der Waals surface area contributed by atoms with Crippen LogP contribution in [0.1, 0.15) is 48.5 Å². The topological polar surface area (TPSA) is 207 Å². The lowest BCUT2D eigenvalue weighted by Crippen LogP contribution is -2.25.